The zero-order valence-electron chi connectivity index (χ0n) is 17.1. The first kappa shape index (κ1) is 20.7. The lowest BCUT2D eigenvalue weighted by Crippen LogP contribution is -2.29. The highest BCUT2D eigenvalue weighted by Gasteiger charge is 2.14. The Hall–Kier alpha value is -3.07. The Morgan fingerprint density at radius 2 is 1.31 bits per heavy atom. The van der Waals surface area contributed by atoms with Crippen molar-refractivity contribution in [2.24, 2.45) is 0 Å². The van der Waals surface area contributed by atoms with Gasteiger partial charge in [0, 0.05) is 19.5 Å². The van der Waals surface area contributed by atoms with Crippen molar-refractivity contribution in [1.29, 1.82) is 0 Å². The van der Waals surface area contributed by atoms with Gasteiger partial charge in [0.1, 0.15) is 12.4 Å². The van der Waals surface area contributed by atoms with E-state index < -0.39 is 0 Å². The van der Waals surface area contributed by atoms with E-state index in [0.717, 1.165) is 35.3 Å². The Labute approximate surface area is 174 Å². The number of carbonyl (C=O) groups is 1. The molecule has 0 aromatic heterocycles. The predicted octanol–water partition coefficient (Wildman–Crippen LogP) is 5.98. The SMILES string of the molecule is CCCCC(=O)N(Cc1ccccc1)Cc1ccc(OCc2ccccc2)cc1. The average Bonchev–Trinajstić information content (AvgIpc) is 2.78. The van der Waals surface area contributed by atoms with Gasteiger partial charge in [0.15, 0.2) is 0 Å². The second-order valence-electron chi connectivity index (χ2n) is 7.26. The molecule has 3 nitrogen and oxygen atoms in total. The molecule has 0 unspecified atom stereocenters. The van der Waals surface area contributed by atoms with Gasteiger partial charge in [-0.3, -0.25) is 4.79 Å². The fraction of sp³-hybridized carbons (Fsp3) is 0.269. The van der Waals surface area contributed by atoms with Crippen LogP contribution in [0.15, 0.2) is 84.9 Å². The summed E-state index contributed by atoms with van der Waals surface area (Å²) >= 11 is 0. The minimum atomic E-state index is 0.208. The van der Waals surface area contributed by atoms with Crippen molar-refractivity contribution in [3.05, 3.63) is 102 Å². The first-order valence-corrected chi connectivity index (χ1v) is 10.3. The molecular weight excluding hydrogens is 358 g/mol. The van der Waals surface area contributed by atoms with Crippen LogP contribution < -0.4 is 4.74 Å². The van der Waals surface area contributed by atoms with Gasteiger partial charge >= 0.3 is 0 Å². The van der Waals surface area contributed by atoms with Gasteiger partial charge < -0.3 is 9.64 Å². The van der Waals surface area contributed by atoms with Crippen LogP contribution in [0.2, 0.25) is 0 Å². The summed E-state index contributed by atoms with van der Waals surface area (Å²) in [4.78, 5) is 14.7. The quantitative estimate of drug-likeness (QED) is 0.428. The first-order chi connectivity index (χ1) is 14.2. The van der Waals surface area contributed by atoms with Crippen LogP contribution in [0, 0.1) is 0 Å². The molecular formula is C26H29NO2. The van der Waals surface area contributed by atoms with Crippen LogP contribution >= 0.6 is 0 Å². The third-order valence-corrected chi connectivity index (χ3v) is 4.86. The predicted molar refractivity (Wildman–Crippen MR) is 117 cm³/mol. The van der Waals surface area contributed by atoms with E-state index in [0.29, 0.717) is 26.1 Å². The zero-order chi connectivity index (χ0) is 20.3. The van der Waals surface area contributed by atoms with Gasteiger partial charge in [-0.1, -0.05) is 86.1 Å². The molecule has 0 spiro atoms. The summed E-state index contributed by atoms with van der Waals surface area (Å²) in [6, 6.07) is 28.4. The maximum Gasteiger partial charge on any atom is 0.223 e. The van der Waals surface area contributed by atoms with Crippen LogP contribution in [-0.4, -0.2) is 10.8 Å². The van der Waals surface area contributed by atoms with E-state index in [1.165, 1.54) is 0 Å². The normalized spacial score (nSPS) is 10.5. The number of ether oxygens (including phenoxy) is 1. The molecule has 0 atom stereocenters. The molecule has 3 rings (SSSR count). The summed E-state index contributed by atoms with van der Waals surface area (Å²) in [6.45, 7) is 3.91. The third-order valence-electron chi connectivity index (χ3n) is 4.86. The average molecular weight is 388 g/mol. The van der Waals surface area contributed by atoms with Gasteiger partial charge in [-0.25, -0.2) is 0 Å². The lowest BCUT2D eigenvalue weighted by Gasteiger charge is -2.23. The number of carbonyl (C=O) groups excluding carboxylic acids is 1. The molecule has 1 amide bonds. The number of unbranched alkanes of at least 4 members (excludes halogenated alkanes) is 1. The molecule has 3 heteroatoms. The van der Waals surface area contributed by atoms with Gasteiger partial charge in [0.2, 0.25) is 5.91 Å². The first-order valence-electron chi connectivity index (χ1n) is 10.3. The number of hydrogen-bond acceptors (Lipinski definition) is 2. The van der Waals surface area contributed by atoms with Crippen LogP contribution in [0.4, 0.5) is 0 Å². The van der Waals surface area contributed by atoms with Crippen molar-refractivity contribution < 1.29 is 9.53 Å². The molecule has 0 aliphatic carbocycles. The molecule has 0 heterocycles. The molecule has 0 bridgehead atoms. The Kier molecular flexibility index (Phi) is 7.88. The summed E-state index contributed by atoms with van der Waals surface area (Å²) in [5, 5.41) is 0. The third kappa shape index (κ3) is 6.79. The smallest absolute Gasteiger partial charge is 0.223 e. The van der Waals surface area contributed by atoms with Gasteiger partial charge in [0.05, 0.1) is 0 Å². The molecule has 29 heavy (non-hydrogen) atoms. The van der Waals surface area contributed by atoms with Crippen molar-refractivity contribution >= 4 is 5.91 Å². The highest BCUT2D eigenvalue weighted by molar-refractivity contribution is 5.76. The van der Waals surface area contributed by atoms with E-state index in [1.54, 1.807) is 0 Å². The summed E-state index contributed by atoms with van der Waals surface area (Å²) in [6.07, 6.45) is 2.55. The Bertz CT molecular complexity index is 860. The fourth-order valence-corrected chi connectivity index (χ4v) is 3.17. The van der Waals surface area contributed by atoms with E-state index in [2.05, 4.69) is 31.2 Å². The molecule has 0 saturated carbocycles. The van der Waals surface area contributed by atoms with Crippen molar-refractivity contribution in [3.63, 3.8) is 0 Å². The molecule has 0 fully saturated rings. The lowest BCUT2D eigenvalue weighted by molar-refractivity contribution is -0.132. The minimum absolute atomic E-state index is 0.208. The summed E-state index contributed by atoms with van der Waals surface area (Å²) < 4.78 is 5.87. The Balaban J connectivity index is 1.62. The highest BCUT2D eigenvalue weighted by atomic mass is 16.5. The molecule has 0 aliphatic rings. The van der Waals surface area contributed by atoms with E-state index in [4.69, 9.17) is 4.74 Å². The maximum absolute atomic E-state index is 12.7. The minimum Gasteiger partial charge on any atom is -0.489 e. The summed E-state index contributed by atoms with van der Waals surface area (Å²) in [5.74, 6) is 1.05. The van der Waals surface area contributed by atoms with E-state index in [-0.39, 0.29) is 5.91 Å². The van der Waals surface area contributed by atoms with Crippen LogP contribution in [0.25, 0.3) is 0 Å². The molecule has 0 radical (unpaired) electrons. The Morgan fingerprint density at radius 1 is 0.759 bits per heavy atom. The molecule has 0 saturated heterocycles. The van der Waals surface area contributed by atoms with Crippen LogP contribution in [0.1, 0.15) is 42.9 Å². The van der Waals surface area contributed by atoms with Crippen molar-refractivity contribution in [2.45, 2.75) is 45.9 Å². The molecule has 3 aromatic carbocycles. The van der Waals surface area contributed by atoms with Crippen LogP contribution in [0.3, 0.4) is 0 Å². The number of hydrogen-bond donors (Lipinski definition) is 0. The van der Waals surface area contributed by atoms with E-state index in [9.17, 15) is 4.79 Å². The Morgan fingerprint density at radius 3 is 1.90 bits per heavy atom. The molecule has 150 valence electrons. The van der Waals surface area contributed by atoms with Crippen LogP contribution in [0.5, 0.6) is 5.75 Å². The summed E-state index contributed by atoms with van der Waals surface area (Å²) in [7, 11) is 0. The van der Waals surface area contributed by atoms with Crippen molar-refractivity contribution in [2.75, 3.05) is 0 Å². The number of benzene rings is 3. The largest absolute Gasteiger partial charge is 0.489 e. The fourth-order valence-electron chi connectivity index (χ4n) is 3.17. The van der Waals surface area contributed by atoms with Crippen molar-refractivity contribution in [3.8, 4) is 5.75 Å². The molecule has 0 N–H and O–H groups in total. The summed E-state index contributed by atoms with van der Waals surface area (Å²) in [5.41, 5.74) is 3.41. The highest BCUT2D eigenvalue weighted by Crippen LogP contribution is 2.17. The number of nitrogens with zero attached hydrogens (tertiary/aromatic N) is 1. The van der Waals surface area contributed by atoms with E-state index in [1.807, 2.05) is 65.6 Å². The monoisotopic (exact) mass is 387 g/mol. The zero-order valence-corrected chi connectivity index (χ0v) is 17.1. The van der Waals surface area contributed by atoms with Gasteiger partial charge in [-0.15, -0.1) is 0 Å². The standard InChI is InChI=1S/C26H29NO2/c1-2-3-14-26(28)27(19-22-10-6-4-7-11-22)20-23-15-17-25(18-16-23)29-21-24-12-8-5-9-13-24/h4-13,15-18H,2-3,14,19-21H2,1H3. The van der Waals surface area contributed by atoms with E-state index >= 15 is 0 Å². The van der Waals surface area contributed by atoms with Gasteiger partial charge in [0.25, 0.3) is 0 Å². The molecule has 3 aromatic rings. The molecule has 0 aliphatic heterocycles. The lowest BCUT2D eigenvalue weighted by atomic mass is 10.1. The maximum atomic E-state index is 12.7. The second-order valence-corrected chi connectivity index (χ2v) is 7.26. The van der Waals surface area contributed by atoms with Crippen molar-refractivity contribution in [1.82, 2.24) is 4.90 Å². The van der Waals surface area contributed by atoms with Gasteiger partial charge in [-0.2, -0.15) is 0 Å². The van der Waals surface area contributed by atoms with Gasteiger partial charge in [-0.05, 0) is 35.2 Å². The number of rotatable bonds is 10. The number of amides is 1. The van der Waals surface area contributed by atoms with Crippen LogP contribution in [-0.2, 0) is 24.5 Å². The second kappa shape index (κ2) is 11.1. The topological polar surface area (TPSA) is 29.5 Å².